The quantitative estimate of drug-likeness (QED) is 0.741. The Bertz CT molecular complexity index is 216. The maximum Gasteiger partial charge on any atom is 0.0175 e. The molecule has 0 aliphatic rings. The molecule has 1 atom stereocenters. The third-order valence-electron chi connectivity index (χ3n) is 1.44. The Morgan fingerprint density at radius 3 is 2.36 bits per heavy atom. The number of rotatable bonds is 2. The molecule has 1 aromatic carbocycles. The average molecular weight is 231 g/mol. The van der Waals surface area contributed by atoms with Gasteiger partial charge in [-0.05, 0) is 24.1 Å². The van der Waals surface area contributed by atoms with E-state index in [1.165, 1.54) is 5.56 Å². The first-order valence-electron chi connectivity index (χ1n) is 3.61. The molecule has 0 aliphatic heterocycles. The maximum absolute atomic E-state index is 4.32. The fourth-order valence-electron chi connectivity index (χ4n) is 0.962. The predicted molar refractivity (Wildman–Crippen MR) is 56.3 cm³/mol. The second kappa shape index (κ2) is 4.17. The van der Waals surface area contributed by atoms with Gasteiger partial charge in [0.2, 0.25) is 0 Å². The third kappa shape index (κ3) is 3.30. The Hall–Kier alpha value is 0.0500. The minimum absolute atomic E-state index is 0.441. The average Bonchev–Trinajstić information content (AvgIpc) is 1.93. The van der Waals surface area contributed by atoms with E-state index in [1.807, 2.05) is 0 Å². The van der Waals surface area contributed by atoms with Gasteiger partial charge in [-0.25, -0.2) is 0 Å². The summed E-state index contributed by atoms with van der Waals surface area (Å²) < 4.78 is 1.13. The van der Waals surface area contributed by atoms with Crippen LogP contribution < -0.4 is 0 Å². The van der Waals surface area contributed by atoms with Gasteiger partial charge in [-0.1, -0.05) is 35.0 Å². The Labute approximate surface area is 81.5 Å². The van der Waals surface area contributed by atoms with Crippen molar-refractivity contribution in [3.05, 3.63) is 34.3 Å². The number of hydrogen-bond acceptors (Lipinski definition) is 1. The molecule has 0 fully saturated rings. The summed E-state index contributed by atoms with van der Waals surface area (Å²) in [6.45, 7) is 2.10. The normalized spacial score (nSPS) is 13.0. The molecule has 0 N–H and O–H groups in total. The van der Waals surface area contributed by atoms with E-state index in [0.717, 1.165) is 10.9 Å². The van der Waals surface area contributed by atoms with Crippen LogP contribution in [0.15, 0.2) is 28.7 Å². The number of halogens is 1. The highest BCUT2D eigenvalue weighted by atomic mass is 79.9. The monoisotopic (exact) mass is 230 g/mol. The molecular formula is C9H11BrS. The first-order valence-corrected chi connectivity index (χ1v) is 4.92. The van der Waals surface area contributed by atoms with Crippen LogP contribution in [0.4, 0.5) is 0 Å². The Kier molecular flexibility index (Phi) is 3.46. The summed E-state index contributed by atoms with van der Waals surface area (Å²) in [6, 6.07) is 8.37. The van der Waals surface area contributed by atoms with Crippen molar-refractivity contribution in [2.45, 2.75) is 18.6 Å². The second-order valence-corrected chi connectivity index (χ2v) is 4.48. The standard InChI is InChI=1S/C9H11BrS/c1-7(11)6-8-2-4-9(10)5-3-8/h2-5,7,11H,6H2,1H3. The molecule has 1 rings (SSSR count). The van der Waals surface area contributed by atoms with Crippen molar-refractivity contribution >= 4 is 28.6 Å². The zero-order valence-electron chi connectivity index (χ0n) is 6.42. The van der Waals surface area contributed by atoms with Crippen LogP contribution >= 0.6 is 28.6 Å². The summed E-state index contributed by atoms with van der Waals surface area (Å²) in [4.78, 5) is 0. The first kappa shape index (κ1) is 9.14. The molecule has 11 heavy (non-hydrogen) atoms. The summed E-state index contributed by atoms with van der Waals surface area (Å²) in [5.41, 5.74) is 1.34. The fourth-order valence-corrected chi connectivity index (χ4v) is 1.44. The highest BCUT2D eigenvalue weighted by molar-refractivity contribution is 9.10. The molecule has 0 aliphatic carbocycles. The molecule has 0 aromatic heterocycles. The van der Waals surface area contributed by atoms with Gasteiger partial charge in [-0.2, -0.15) is 12.6 Å². The summed E-state index contributed by atoms with van der Waals surface area (Å²) in [5, 5.41) is 0.441. The van der Waals surface area contributed by atoms with Crippen molar-refractivity contribution in [1.29, 1.82) is 0 Å². The van der Waals surface area contributed by atoms with Crippen molar-refractivity contribution in [2.24, 2.45) is 0 Å². The molecule has 0 radical (unpaired) electrons. The van der Waals surface area contributed by atoms with Crippen molar-refractivity contribution in [2.75, 3.05) is 0 Å². The zero-order valence-corrected chi connectivity index (χ0v) is 8.90. The highest BCUT2D eigenvalue weighted by Crippen LogP contribution is 2.12. The summed E-state index contributed by atoms with van der Waals surface area (Å²) in [6.07, 6.45) is 1.04. The maximum atomic E-state index is 4.32. The van der Waals surface area contributed by atoms with Crippen LogP contribution in [0.5, 0.6) is 0 Å². The van der Waals surface area contributed by atoms with Crippen molar-refractivity contribution in [3.63, 3.8) is 0 Å². The molecule has 1 unspecified atom stereocenters. The van der Waals surface area contributed by atoms with E-state index >= 15 is 0 Å². The lowest BCUT2D eigenvalue weighted by atomic mass is 10.1. The summed E-state index contributed by atoms with van der Waals surface area (Å²) in [5.74, 6) is 0. The van der Waals surface area contributed by atoms with Crippen molar-refractivity contribution in [1.82, 2.24) is 0 Å². The topological polar surface area (TPSA) is 0 Å². The van der Waals surface area contributed by atoms with Crippen molar-refractivity contribution < 1.29 is 0 Å². The molecule has 0 amide bonds. The molecule has 0 nitrogen and oxygen atoms in total. The van der Waals surface area contributed by atoms with Gasteiger partial charge in [-0.15, -0.1) is 0 Å². The number of benzene rings is 1. The van der Waals surface area contributed by atoms with Gasteiger partial charge in [0, 0.05) is 9.72 Å². The molecule has 1 aromatic rings. The molecule has 2 heteroatoms. The lowest BCUT2D eigenvalue weighted by Crippen LogP contribution is -1.96. The largest absolute Gasteiger partial charge is 0.176 e. The van der Waals surface area contributed by atoms with E-state index in [4.69, 9.17) is 0 Å². The zero-order chi connectivity index (χ0) is 8.27. The molecule has 0 bridgehead atoms. The highest BCUT2D eigenvalue weighted by Gasteiger charge is 1.96. The molecule has 0 saturated carbocycles. The molecule has 0 spiro atoms. The third-order valence-corrected chi connectivity index (χ3v) is 2.16. The van der Waals surface area contributed by atoms with Gasteiger partial charge < -0.3 is 0 Å². The van der Waals surface area contributed by atoms with E-state index in [0.29, 0.717) is 5.25 Å². The fraction of sp³-hybridized carbons (Fsp3) is 0.333. The van der Waals surface area contributed by atoms with Gasteiger partial charge in [0.1, 0.15) is 0 Å². The molecule has 0 saturated heterocycles. The summed E-state index contributed by atoms with van der Waals surface area (Å²) in [7, 11) is 0. The molecule has 0 heterocycles. The number of thiol groups is 1. The summed E-state index contributed by atoms with van der Waals surface area (Å²) >= 11 is 7.72. The molecular weight excluding hydrogens is 220 g/mol. The van der Waals surface area contributed by atoms with Crippen LogP contribution in [0, 0.1) is 0 Å². The predicted octanol–water partition coefficient (Wildman–Crippen LogP) is 3.31. The molecule has 60 valence electrons. The Morgan fingerprint density at radius 2 is 1.91 bits per heavy atom. The number of hydrogen-bond donors (Lipinski definition) is 1. The van der Waals surface area contributed by atoms with Crippen LogP contribution in [0.25, 0.3) is 0 Å². The van der Waals surface area contributed by atoms with Crippen LogP contribution in [-0.4, -0.2) is 5.25 Å². The Morgan fingerprint density at radius 1 is 1.36 bits per heavy atom. The van der Waals surface area contributed by atoms with Crippen LogP contribution in [0.3, 0.4) is 0 Å². The van der Waals surface area contributed by atoms with Crippen molar-refractivity contribution in [3.8, 4) is 0 Å². The van der Waals surface area contributed by atoms with E-state index in [2.05, 4.69) is 59.7 Å². The van der Waals surface area contributed by atoms with E-state index in [1.54, 1.807) is 0 Å². The van der Waals surface area contributed by atoms with Gasteiger partial charge >= 0.3 is 0 Å². The van der Waals surface area contributed by atoms with Crippen LogP contribution in [0.2, 0.25) is 0 Å². The lowest BCUT2D eigenvalue weighted by Gasteiger charge is -2.03. The SMILES string of the molecule is CC(S)Cc1ccc(Br)cc1. The lowest BCUT2D eigenvalue weighted by molar-refractivity contribution is 0.950. The van der Waals surface area contributed by atoms with Crippen LogP contribution in [-0.2, 0) is 6.42 Å². The van der Waals surface area contributed by atoms with Gasteiger partial charge in [-0.3, -0.25) is 0 Å². The first-order chi connectivity index (χ1) is 5.18. The smallest absolute Gasteiger partial charge is 0.0175 e. The van der Waals surface area contributed by atoms with Gasteiger partial charge in [0.05, 0.1) is 0 Å². The van der Waals surface area contributed by atoms with E-state index in [9.17, 15) is 0 Å². The Balaban J connectivity index is 2.66. The van der Waals surface area contributed by atoms with E-state index in [-0.39, 0.29) is 0 Å². The minimum Gasteiger partial charge on any atom is -0.176 e. The van der Waals surface area contributed by atoms with Crippen LogP contribution in [0.1, 0.15) is 12.5 Å². The van der Waals surface area contributed by atoms with Gasteiger partial charge in [0.25, 0.3) is 0 Å². The van der Waals surface area contributed by atoms with Gasteiger partial charge in [0.15, 0.2) is 0 Å². The second-order valence-electron chi connectivity index (χ2n) is 2.68. The minimum atomic E-state index is 0.441. The van der Waals surface area contributed by atoms with E-state index < -0.39 is 0 Å².